The van der Waals surface area contributed by atoms with Crippen LogP contribution in [0.4, 0.5) is 0 Å². The highest BCUT2D eigenvalue weighted by molar-refractivity contribution is 6.22. The zero-order valence-corrected chi connectivity index (χ0v) is 19.8. The van der Waals surface area contributed by atoms with Gasteiger partial charge in [0, 0.05) is 6.54 Å². The molecule has 0 bridgehead atoms. The van der Waals surface area contributed by atoms with Crippen molar-refractivity contribution in [2.75, 3.05) is 48.0 Å². The highest BCUT2D eigenvalue weighted by atomic mass is 16.5. The molecule has 33 heavy (non-hydrogen) atoms. The van der Waals surface area contributed by atoms with Gasteiger partial charge < -0.3 is 24.8 Å². The summed E-state index contributed by atoms with van der Waals surface area (Å²) in [4.78, 5) is 30.3. The molecule has 2 aromatic carbocycles. The number of rotatable bonds is 12. The number of carbonyl (C=O) groups is 2. The molecule has 2 amide bonds. The minimum absolute atomic E-state index is 0.325. The molecule has 2 aromatic rings. The number of hydrogen-bond acceptors (Lipinski definition) is 7. The Balaban J connectivity index is 1.93. The largest absolute Gasteiger partial charge is 0.493 e. The van der Waals surface area contributed by atoms with E-state index in [9.17, 15) is 9.59 Å². The van der Waals surface area contributed by atoms with Gasteiger partial charge in [-0.3, -0.25) is 14.5 Å². The summed E-state index contributed by atoms with van der Waals surface area (Å²) in [5.41, 5.74) is 7.24. The van der Waals surface area contributed by atoms with Gasteiger partial charge in [0.15, 0.2) is 11.5 Å². The number of nitrogens with two attached hydrogens (primary N) is 1. The highest BCUT2D eigenvalue weighted by Gasteiger charge is 2.42. The normalized spacial score (nSPS) is 13.9. The van der Waals surface area contributed by atoms with Crippen LogP contribution in [0.1, 0.15) is 51.6 Å². The van der Waals surface area contributed by atoms with Crippen LogP contribution < -0.4 is 19.9 Å². The number of imide groups is 1. The van der Waals surface area contributed by atoms with Crippen LogP contribution in [0.25, 0.3) is 0 Å². The van der Waals surface area contributed by atoms with Crippen molar-refractivity contribution < 1.29 is 23.8 Å². The molecule has 8 heteroatoms. The molecule has 0 unspecified atom stereocenters. The first-order valence-electron chi connectivity index (χ1n) is 11.1. The number of benzene rings is 2. The molecule has 1 aliphatic heterocycles. The van der Waals surface area contributed by atoms with E-state index in [1.165, 1.54) is 4.90 Å². The second-order valence-corrected chi connectivity index (χ2v) is 8.23. The Labute approximate surface area is 195 Å². The fraction of sp³-hybridized carbons (Fsp3) is 0.440. The van der Waals surface area contributed by atoms with Gasteiger partial charge in [-0.15, -0.1) is 0 Å². The van der Waals surface area contributed by atoms with E-state index in [-0.39, 0.29) is 11.8 Å². The van der Waals surface area contributed by atoms with Gasteiger partial charge in [0.1, 0.15) is 5.75 Å². The maximum atomic E-state index is 13.6. The first kappa shape index (κ1) is 24.5. The van der Waals surface area contributed by atoms with Crippen molar-refractivity contribution in [2.24, 2.45) is 5.73 Å². The molecule has 2 N–H and O–H groups in total. The number of nitrogens with zero attached hydrogens (tertiary/aromatic N) is 2. The lowest BCUT2D eigenvalue weighted by Crippen LogP contribution is -2.34. The van der Waals surface area contributed by atoms with Crippen LogP contribution in [0.5, 0.6) is 17.2 Å². The Bertz CT molecular complexity index is 992. The van der Waals surface area contributed by atoms with Gasteiger partial charge >= 0.3 is 0 Å². The molecule has 1 heterocycles. The summed E-state index contributed by atoms with van der Waals surface area (Å²) in [5.74, 6) is 0.876. The van der Waals surface area contributed by atoms with Crippen molar-refractivity contribution in [3.63, 3.8) is 0 Å². The number of fused-ring (bicyclic) bond motifs is 1. The molecular formula is C25H33N3O5. The quantitative estimate of drug-likeness (QED) is 0.388. The van der Waals surface area contributed by atoms with Crippen LogP contribution in [0.3, 0.4) is 0 Å². The monoisotopic (exact) mass is 455 g/mol. The molecule has 0 aliphatic carbocycles. The molecule has 1 atom stereocenters. The predicted molar refractivity (Wildman–Crippen MR) is 126 cm³/mol. The molecule has 3 rings (SSSR count). The van der Waals surface area contributed by atoms with E-state index in [0.29, 0.717) is 54.4 Å². The van der Waals surface area contributed by atoms with Crippen LogP contribution >= 0.6 is 0 Å². The predicted octanol–water partition coefficient (Wildman–Crippen LogP) is 3.11. The maximum absolute atomic E-state index is 13.6. The third-order valence-electron chi connectivity index (χ3n) is 5.70. The Morgan fingerprint density at radius 3 is 2.39 bits per heavy atom. The summed E-state index contributed by atoms with van der Waals surface area (Å²) in [7, 11) is 7.11. The van der Waals surface area contributed by atoms with Crippen molar-refractivity contribution in [2.45, 2.75) is 25.3 Å². The SMILES string of the molecule is COc1ccc([C@@H](CCCN)N2C(=O)c3cccc(OCCCN(C)C)c3C2=O)cc1OC. The van der Waals surface area contributed by atoms with Crippen molar-refractivity contribution in [1.29, 1.82) is 0 Å². The Kier molecular flexibility index (Phi) is 8.30. The number of amides is 2. The highest BCUT2D eigenvalue weighted by Crippen LogP contribution is 2.40. The van der Waals surface area contributed by atoms with Crippen molar-refractivity contribution in [3.05, 3.63) is 53.1 Å². The standard InChI is InChI=1S/C25H33N3O5/c1-27(2)14-7-15-33-21-10-5-8-18-23(21)25(30)28(24(18)29)19(9-6-13-26)17-11-12-20(31-3)22(16-17)32-4/h5,8,10-12,16,19H,6-7,9,13-15,26H2,1-4H3/t19-/m1/s1. The van der Waals surface area contributed by atoms with E-state index in [1.807, 2.05) is 26.2 Å². The van der Waals surface area contributed by atoms with Gasteiger partial charge in [0.05, 0.1) is 38.0 Å². The third kappa shape index (κ3) is 5.29. The molecule has 178 valence electrons. The fourth-order valence-electron chi connectivity index (χ4n) is 4.05. The lowest BCUT2D eigenvalue weighted by atomic mass is 9.99. The Morgan fingerprint density at radius 2 is 1.73 bits per heavy atom. The molecule has 0 fully saturated rings. The number of ether oxygens (including phenoxy) is 3. The molecule has 0 radical (unpaired) electrons. The number of hydrogen-bond donors (Lipinski definition) is 1. The van der Waals surface area contributed by atoms with Crippen LogP contribution in [0.2, 0.25) is 0 Å². The van der Waals surface area contributed by atoms with Gasteiger partial charge in [0.2, 0.25) is 0 Å². The average molecular weight is 456 g/mol. The Hall–Kier alpha value is -3.10. The van der Waals surface area contributed by atoms with Crippen molar-refractivity contribution >= 4 is 11.8 Å². The summed E-state index contributed by atoms with van der Waals surface area (Å²) >= 11 is 0. The molecule has 0 saturated carbocycles. The molecule has 0 saturated heterocycles. The van der Waals surface area contributed by atoms with Gasteiger partial charge in [-0.1, -0.05) is 12.1 Å². The first-order valence-corrected chi connectivity index (χ1v) is 11.1. The molecule has 0 spiro atoms. The summed E-state index contributed by atoms with van der Waals surface area (Å²) < 4.78 is 16.7. The van der Waals surface area contributed by atoms with Crippen LogP contribution in [-0.2, 0) is 0 Å². The average Bonchev–Trinajstić information content (AvgIpc) is 3.07. The van der Waals surface area contributed by atoms with Crippen LogP contribution in [-0.4, -0.2) is 69.6 Å². The van der Waals surface area contributed by atoms with Gasteiger partial charge in [-0.25, -0.2) is 0 Å². The van der Waals surface area contributed by atoms with E-state index in [2.05, 4.69) is 4.90 Å². The third-order valence-corrected chi connectivity index (χ3v) is 5.70. The summed E-state index contributed by atoms with van der Waals surface area (Å²) in [5, 5.41) is 0. The lowest BCUT2D eigenvalue weighted by Gasteiger charge is -2.27. The Morgan fingerprint density at radius 1 is 0.970 bits per heavy atom. The van der Waals surface area contributed by atoms with Gasteiger partial charge in [0.25, 0.3) is 11.8 Å². The van der Waals surface area contributed by atoms with Crippen molar-refractivity contribution in [1.82, 2.24) is 9.80 Å². The first-order chi connectivity index (χ1) is 15.9. The molecule has 1 aliphatic rings. The van der Waals surface area contributed by atoms with Crippen molar-refractivity contribution in [3.8, 4) is 17.2 Å². The minimum atomic E-state index is -0.484. The van der Waals surface area contributed by atoms with E-state index in [4.69, 9.17) is 19.9 Å². The topological polar surface area (TPSA) is 94.3 Å². The summed E-state index contributed by atoms with van der Waals surface area (Å²) in [6.07, 6.45) is 2.00. The second-order valence-electron chi connectivity index (χ2n) is 8.23. The minimum Gasteiger partial charge on any atom is -0.493 e. The van der Waals surface area contributed by atoms with Gasteiger partial charge in [-0.05, 0) is 69.7 Å². The van der Waals surface area contributed by atoms with Crippen LogP contribution in [0, 0.1) is 0 Å². The second kappa shape index (κ2) is 11.2. The molecule has 0 aromatic heterocycles. The van der Waals surface area contributed by atoms with E-state index >= 15 is 0 Å². The van der Waals surface area contributed by atoms with E-state index < -0.39 is 6.04 Å². The number of carbonyl (C=O) groups excluding carboxylic acids is 2. The smallest absolute Gasteiger partial charge is 0.265 e. The van der Waals surface area contributed by atoms with Crippen LogP contribution in [0.15, 0.2) is 36.4 Å². The lowest BCUT2D eigenvalue weighted by molar-refractivity contribution is 0.0571. The zero-order chi connectivity index (χ0) is 24.0. The molecular weight excluding hydrogens is 422 g/mol. The number of methoxy groups -OCH3 is 2. The zero-order valence-electron chi connectivity index (χ0n) is 19.8. The fourth-order valence-corrected chi connectivity index (χ4v) is 4.05. The van der Waals surface area contributed by atoms with Gasteiger partial charge in [-0.2, -0.15) is 0 Å². The molecule has 8 nitrogen and oxygen atoms in total. The summed E-state index contributed by atoms with van der Waals surface area (Å²) in [6.45, 7) is 1.78. The maximum Gasteiger partial charge on any atom is 0.265 e. The van der Waals surface area contributed by atoms with E-state index in [0.717, 1.165) is 18.5 Å². The summed E-state index contributed by atoms with van der Waals surface area (Å²) in [6, 6.07) is 10.1. The van der Waals surface area contributed by atoms with E-state index in [1.54, 1.807) is 38.5 Å².